The first-order valence-corrected chi connectivity index (χ1v) is 9.99. The van der Waals surface area contributed by atoms with E-state index in [1.807, 2.05) is 27.7 Å². The highest BCUT2D eigenvalue weighted by Gasteiger charge is 2.26. The molecule has 0 aliphatic rings. The van der Waals surface area contributed by atoms with Crippen molar-refractivity contribution >= 4 is 17.4 Å². The average Bonchev–Trinajstić information content (AvgIpc) is 2.64. The lowest BCUT2D eigenvalue weighted by Crippen LogP contribution is -2.48. The van der Waals surface area contributed by atoms with Gasteiger partial charge in [-0.05, 0) is 59.1 Å². The van der Waals surface area contributed by atoms with E-state index in [0.29, 0.717) is 36.6 Å². The minimum atomic E-state index is -0.394. The van der Waals surface area contributed by atoms with Crippen LogP contribution in [0.5, 0.6) is 5.75 Å². The highest BCUT2D eigenvalue weighted by molar-refractivity contribution is 5.99. The molecule has 29 heavy (non-hydrogen) atoms. The van der Waals surface area contributed by atoms with Crippen LogP contribution in [0.3, 0.4) is 0 Å². The summed E-state index contributed by atoms with van der Waals surface area (Å²) in [6, 6.07) is 4.79. The number of carbonyl (C=O) groups excluding carboxylic acids is 2. The number of rotatable bonds is 13. The summed E-state index contributed by atoms with van der Waals surface area (Å²) in [5, 5.41) is 3.03. The third kappa shape index (κ3) is 8.83. The summed E-state index contributed by atoms with van der Waals surface area (Å²) in [5.74, 6) is 0.115. The number of hydrogen-bond acceptors (Lipinski definition) is 6. The molecular formula is C22H36N2O5. The molecule has 0 aliphatic carbocycles. The van der Waals surface area contributed by atoms with Gasteiger partial charge in [0.25, 0.3) is 5.91 Å². The van der Waals surface area contributed by atoms with E-state index < -0.39 is 5.54 Å². The molecule has 0 bridgehead atoms. The summed E-state index contributed by atoms with van der Waals surface area (Å²) in [6.45, 7) is 10.6. The molecule has 1 rings (SSSR count). The molecule has 1 amide bonds. The zero-order valence-electron chi connectivity index (χ0n) is 18.6. The Morgan fingerprint density at radius 1 is 1.14 bits per heavy atom. The number of nitrogen functional groups attached to an aromatic ring is 1. The minimum Gasteiger partial charge on any atom is -0.484 e. The van der Waals surface area contributed by atoms with Crippen LogP contribution in [0.2, 0.25) is 0 Å². The molecule has 3 N–H and O–H groups in total. The third-order valence-electron chi connectivity index (χ3n) is 5.05. The van der Waals surface area contributed by atoms with Gasteiger partial charge < -0.3 is 25.3 Å². The van der Waals surface area contributed by atoms with Crippen LogP contribution in [0.25, 0.3) is 0 Å². The smallest absolute Gasteiger partial charge is 0.258 e. The average molecular weight is 409 g/mol. The Morgan fingerprint density at radius 2 is 1.83 bits per heavy atom. The van der Waals surface area contributed by atoms with Crippen molar-refractivity contribution in [2.24, 2.45) is 0 Å². The highest BCUT2D eigenvalue weighted by Crippen LogP contribution is 2.21. The predicted octanol–water partition coefficient (Wildman–Crippen LogP) is 3.36. The van der Waals surface area contributed by atoms with E-state index in [-0.39, 0.29) is 23.9 Å². The van der Waals surface area contributed by atoms with Crippen LogP contribution in [0, 0.1) is 0 Å². The van der Waals surface area contributed by atoms with Crippen molar-refractivity contribution in [1.29, 1.82) is 0 Å². The molecular weight excluding hydrogens is 372 g/mol. The first-order valence-electron chi connectivity index (χ1n) is 9.99. The number of nitrogens with two attached hydrogens (primary N) is 1. The number of nitrogens with one attached hydrogen (secondary N) is 1. The van der Waals surface area contributed by atoms with Gasteiger partial charge in [0.15, 0.2) is 12.4 Å². The molecule has 0 fully saturated rings. The van der Waals surface area contributed by atoms with E-state index in [9.17, 15) is 9.59 Å². The van der Waals surface area contributed by atoms with E-state index in [1.165, 1.54) is 6.92 Å². The first kappa shape index (κ1) is 24.9. The molecule has 0 saturated heterocycles. The third-order valence-corrected chi connectivity index (χ3v) is 5.05. The van der Waals surface area contributed by atoms with Crippen molar-refractivity contribution in [2.45, 2.75) is 65.0 Å². The maximum atomic E-state index is 12.4. The second-order valence-electron chi connectivity index (χ2n) is 8.16. The lowest BCUT2D eigenvalue weighted by Gasteiger charge is -2.32. The first-order chi connectivity index (χ1) is 13.5. The largest absolute Gasteiger partial charge is 0.484 e. The molecule has 0 spiro atoms. The maximum Gasteiger partial charge on any atom is 0.258 e. The Hall–Kier alpha value is -2.12. The molecule has 0 heterocycles. The fourth-order valence-electron chi connectivity index (χ4n) is 2.77. The van der Waals surface area contributed by atoms with Crippen LogP contribution in [0.15, 0.2) is 18.2 Å². The van der Waals surface area contributed by atoms with Gasteiger partial charge in [-0.2, -0.15) is 0 Å². The van der Waals surface area contributed by atoms with Crippen LogP contribution in [0.1, 0.15) is 64.2 Å². The molecule has 0 radical (unpaired) electrons. The summed E-state index contributed by atoms with van der Waals surface area (Å²) in [5.41, 5.74) is 5.96. The Balaban J connectivity index is 2.53. The molecule has 7 nitrogen and oxygen atoms in total. The Labute approximate surface area is 174 Å². The van der Waals surface area contributed by atoms with E-state index in [1.54, 1.807) is 25.3 Å². The normalized spacial score (nSPS) is 13.6. The summed E-state index contributed by atoms with van der Waals surface area (Å²) in [7, 11) is 1.67. The number of carbonyl (C=O) groups is 2. The Morgan fingerprint density at radius 3 is 2.38 bits per heavy atom. The van der Waals surface area contributed by atoms with Gasteiger partial charge >= 0.3 is 0 Å². The standard InChI is InChI=1S/C22H36N2O5/c1-7-22(5,11-13-29-21(3,4)10-12-27-6)24-20(26)15-28-17-8-9-18(16(2)25)19(23)14-17/h8-9,14H,7,10-13,15,23H2,1-6H3,(H,24,26). The van der Waals surface area contributed by atoms with Crippen LogP contribution in [0.4, 0.5) is 5.69 Å². The van der Waals surface area contributed by atoms with Gasteiger partial charge in [-0.1, -0.05) is 6.92 Å². The molecule has 164 valence electrons. The van der Waals surface area contributed by atoms with Gasteiger partial charge in [0, 0.05) is 43.2 Å². The molecule has 7 heteroatoms. The summed E-state index contributed by atoms with van der Waals surface area (Å²) in [4.78, 5) is 23.8. The Bertz CT molecular complexity index is 690. The molecule has 0 aromatic heterocycles. The van der Waals surface area contributed by atoms with Crippen LogP contribution >= 0.6 is 0 Å². The van der Waals surface area contributed by atoms with Crippen molar-refractivity contribution in [1.82, 2.24) is 5.32 Å². The highest BCUT2D eigenvalue weighted by atomic mass is 16.5. The van der Waals surface area contributed by atoms with Crippen molar-refractivity contribution in [3.8, 4) is 5.75 Å². The molecule has 1 aromatic carbocycles. The summed E-state index contributed by atoms with van der Waals surface area (Å²) < 4.78 is 16.6. The number of amides is 1. The molecule has 1 aromatic rings. The van der Waals surface area contributed by atoms with Crippen molar-refractivity contribution in [3.63, 3.8) is 0 Å². The zero-order chi connectivity index (χ0) is 22.1. The van der Waals surface area contributed by atoms with Crippen molar-refractivity contribution < 1.29 is 23.8 Å². The number of anilines is 1. The quantitative estimate of drug-likeness (QED) is 0.383. The summed E-state index contributed by atoms with van der Waals surface area (Å²) in [6.07, 6.45) is 2.25. The van der Waals surface area contributed by atoms with Crippen molar-refractivity contribution in [3.05, 3.63) is 23.8 Å². The van der Waals surface area contributed by atoms with Gasteiger partial charge in [-0.25, -0.2) is 0 Å². The SMILES string of the molecule is CCC(C)(CCOC(C)(C)CCOC)NC(=O)COc1ccc(C(C)=O)c(N)c1. The van der Waals surface area contributed by atoms with Crippen molar-refractivity contribution in [2.75, 3.05) is 32.7 Å². The fraction of sp³-hybridized carbons (Fsp3) is 0.636. The number of methoxy groups -OCH3 is 1. The fourth-order valence-corrected chi connectivity index (χ4v) is 2.77. The second-order valence-corrected chi connectivity index (χ2v) is 8.16. The van der Waals surface area contributed by atoms with E-state index in [4.69, 9.17) is 19.9 Å². The van der Waals surface area contributed by atoms with Gasteiger partial charge in [-0.15, -0.1) is 0 Å². The molecule has 0 aliphatic heterocycles. The lowest BCUT2D eigenvalue weighted by molar-refractivity contribution is -0.125. The number of hydrogen-bond donors (Lipinski definition) is 2. The Kier molecular flexibility index (Phi) is 9.59. The van der Waals surface area contributed by atoms with Crippen LogP contribution in [-0.2, 0) is 14.3 Å². The van der Waals surface area contributed by atoms with Gasteiger partial charge in [0.2, 0.25) is 0 Å². The topological polar surface area (TPSA) is 99.9 Å². The predicted molar refractivity (Wildman–Crippen MR) is 114 cm³/mol. The molecule has 1 atom stereocenters. The maximum absolute atomic E-state index is 12.4. The number of ether oxygens (including phenoxy) is 3. The molecule has 1 unspecified atom stereocenters. The summed E-state index contributed by atoms with van der Waals surface area (Å²) >= 11 is 0. The second kappa shape index (κ2) is 11.2. The zero-order valence-corrected chi connectivity index (χ0v) is 18.6. The number of benzene rings is 1. The number of Topliss-reactive ketones (excluding diaryl/α,β-unsaturated/α-hetero) is 1. The van der Waals surface area contributed by atoms with Crippen LogP contribution in [-0.4, -0.2) is 49.8 Å². The lowest BCUT2D eigenvalue weighted by atomic mass is 9.94. The minimum absolute atomic E-state index is 0.113. The van der Waals surface area contributed by atoms with E-state index >= 15 is 0 Å². The van der Waals surface area contributed by atoms with E-state index in [2.05, 4.69) is 5.32 Å². The number of ketones is 1. The monoisotopic (exact) mass is 408 g/mol. The van der Waals surface area contributed by atoms with Gasteiger partial charge in [-0.3, -0.25) is 9.59 Å². The van der Waals surface area contributed by atoms with Gasteiger partial charge in [0.05, 0.1) is 5.60 Å². The van der Waals surface area contributed by atoms with E-state index in [0.717, 1.165) is 12.8 Å². The van der Waals surface area contributed by atoms with Gasteiger partial charge in [0.1, 0.15) is 5.75 Å². The van der Waals surface area contributed by atoms with Crippen LogP contribution < -0.4 is 15.8 Å². The molecule has 0 saturated carbocycles.